The zero-order chi connectivity index (χ0) is 13.9. The second-order valence-electron chi connectivity index (χ2n) is 6.75. The van der Waals surface area contributed by atoms with Crippen LogP contribution in [-0.2, 0) is 9.47 Å². The van der Waals surface area contributed by atoms with E-state index in [4.69, 9.17) is 9.47 Å². The summed E-state index contributed by atoms with van der Waals surface area (Å²) < 4.78 is 10.6. The molecule has 1 spiro atoms. The first-order chi connectivity index (χ1) is 8.89. The van der Waals surface area contributed by atoms with Gasteiger partial charge in [-0.2, -0.15) is 0 Å². The molecule has 2 rings (SSSR count). The lowest BCUT2D eigenvalue weighted by atomic mass is 9.73. The number of hydrogen-bond donors (Lipinski definition) is 1. The molecule has 2 fully saturated rings. The van der Waals surface area contributed by atoms with Crippen molar-refractivity contribution in [3.63, 3.8) is 0 Å². The van der Waals surface area contributed by atoms with Crippen LogP contribution in [0.15, 0.2) is 0 Å². The van der Waals surface area contributed by atoms with Crippen LogP contribution < -0.4 is 5.32 Å². The number of nitrogens with one attached hydrogen (secondary N) is 1. The summed E-state index contributed by atoms with van der Waals surface area (Å²) in [6.07, 6.45) is 2.04. The van der Waals surface area contributed by atoms with E-state index in [1.165, 1.54) is 12.8 Å². The number of alkyl carbamates (subject to hydrolysis) is 1. The summed E-state index contributed by atoms with van der Waals surface area (Å²) in [5.41, 5.74) is 0.0805. The maximum Gasteiger partial charge on any atom is 0.407 e. The molecule has 0 atom stereocenters. The first-order valence-corrected chi connectivity index (χ1v) is 7.16. The number of nitrogens with zero attached hydrogens (tertiary/aromatic N) is 1. The third kappa shape index (κ3) is 4.35. The van der Waals surface area contributed by atoms with E-state index in [1.54, 1.807) is 0 Å². The zero-order valence-corrected chi connectivity index (χ0v) is 12.3. The van der Waals surface area contributed by atoms with Crippen molar-refractivity contribution in [1.29, 1.82) is 0 Å². The van der Waals surface area contributed by atoms with E-state index in [9.17, 15) is 4.79 Å². The third-order valence-corrected chi connectivity index (χ3v) is 3.77. The lowest BCUT2D eigenvalue weighted by molar-refractivity contribution is -0.0796. The molecule has 5 heteroatoms. The lowest BCUT2D eigenvalue weighted by Crippen LogP contribution is -2.59. The Hall–Kier alpha value is -0.810. The highest BCUT2D eigenvalue weighted by Gasteiger charge is 2.43. The Morgan fingerprint density at radius 1 is 1.32 bits per heavy atom. The van der Waals surface area contributed by atoms with Crippen molar-refractivity contribution in [2.24, 2.45) is 5.41 Å². The Morgan fingerprint density at radius 2 is 1.95 bits per heavy atom. The van der Waals surface area contributed by atoms with Gasteiger partial charge in [0.2, 0.25) is 0 Å². The van der Waals surface area contributed by atoms with Crippen LogP contribution in [0, 0.1) is 5.41 Å². The Balaban J connectivity index is 1.57. The molecule has 5 nitrogen and oxygen atoms in total. The van der Waals surface area contributed by atoms with Crippen LogP contribution in [0.5, 0.6) is 0 Å². The van der Waals surface area contributed by atoms with E-state index in [-0.39, 0.29) is 6.09 Å². The molecular formula is C14H26N2O3. The van der Waals surface area contributed by atoms with Gasteiger partial charge in [-0.3, -0.25) is 0 Å². The van der Waals surface area contributed by atoms with Gasteiger partial charge in [-0.15, -0.1) is 0 Å². The van der Waals surface area contributed by atoms with Crippen molar-refractivity contribution in [2.75, 3.05) is 39.4 Å². The van der Waals surface area contributed by atoms with E-state index in [1.807, 2.05) is 20.8 Å². The number of rotatable bonds is 3. The Bertz CT molecular complexity index is 311. The molecular weight excluding hydrogens is 244 g/mol. The lowest BCUT2D eigenvalue weighted by Gasteiger charge is -2.52. The number of hydrogen-bond acceptors (Lipinski definition) is 4. The molecule has 0 aromatic rings. The molecule has 1 amide bonds. The highest BCUT2D eigenvalue weighted by Crippen LogP contribution is 2.39. The SMILES string of the molecule is CC(C)(C)OC(=O)NCCN1CC2(CCOCC2)C1. The first-order valence-electron chi connectivity index (χ1n) is 7.16. The minimum atomic E-state index is -0.424. The van der Waals surface area contributed by atoms with Crippen LogP contribution in [0.4, 0.5) is 4.79 Å². The predicted octanol–water partition coefficient (Wildman–Crippen LogP) is 1.62. The maximum atomic E-state index is 11.5. The number of ether oxygens (including phenoxy) is 2. The Kier molecular flexibility index (Phi) is 4.36. The zero-order valence-electron chi connectivity index (χ0n) is 12.3. The topological polar surface area (TPSA) is 50.8 Å². The van der Waals surface area contributed by atoms with Crippen molar-refractivity contribution < 1.29 is 14.3 Å². The number of likely N-dealkylation sites (tertiary alicyclic amines) is 1. The second-order valence-corrected chi connectivity index (χ2v) is 6.75. The van der Waals surface area contributed by atoms with E-state index in [0.29, 0.717) is 12.0 Å². The molecule has 0 radical (unpaired) electrons. The number of amides is 1. The van der Waals surface area contributed by atoms with E-state index in [0.717, 1.165) is 32.8 Å². The molecule has 2 aliphatic heterocycles. The maximum absolute atomic E-state index is 11.5. The van der Waals surface area contributed by atoms with Gasteiger partial charge < -0.3 is 19.7 Å². The molecule has 2 aliphatic rings. The molecule has 0 aromatic carbocycles. The third-order valence-electron chi connectivity index (χ3n) is 3.77. The first kappa shape index (κ1) is 14.6. The number of carbonyl (C=O) groups is 1. The van der Waals surface area contributed by atoms with Gasteiger partial charge in [0, 0.05) is 44.8 Å². The standard InChI is InChI=1S/C14H26N2O3/c1-13(2,3)19-12(17)15-6-7-16-10-14(11-16)4-8-18-9-5-14/h4-11H2,1-3H3,(H,15,17). The molecule has 0 bridgehead atoms. The van der Waals surface area contributed by atoms with Crippen LogP contribution in [0.25, 0.3) is 0 Å². The van der Waals surface area contributed by atoms with Crippen molar-refractivity contribution in [3.05, 3.63) is 0 Å². The summed E-state index contributed by atoms with van der Waals surface area (Å²) in [7, 11) is 0. The van der Waals surface area contributed by atoms with E-state index >= 15 is 0 Å². The van der Waals surface area contributed by atoms with Gasteiger partial charge >= 0.3 is 6.09 Å². The molecule has 0 aromatic heterocycles. The van der Waals surface area contributed by atoms with Gasteiger partial charge in [0.05, 0.1) is 0 Å². The average Bonchev–Trinajstić information content (AvgIpc) is 2.25. The summed E-state index contributed by atoms with van der Waals surface area (Å²) in [6, 6.07) is 0. The normalized spacial score (nSPS) is 22.9. The van der Waals surface area contributed by atoms with Gasteiger partial charge in [0.15, 0.2) is 0 Å². The smallest absolute Gasteiger partial charge is 0.407 e. The van der Waals surface area contributed by atoms with Gasteiger partial charge in [-0.25, -0.2) is 4.79 Å². The minimum Gasteiger partial charge on any atom is -0.444 e. The molecule has 2 saturated heterocycles. The van der Waals surface area contributed by atoms with Crippen LogP contribution in [-0.4, -0.2) is 56.0 Å². The van der Waals surface area contributed by atoms with Crippen molar-refractivity contribution in [2.45, 2.75) is 39.2 Å². The van der Waals surface area contributed by atoms with Gasteiger partial charge in [0.1, 0.15) is 5.60 Å². The highest BCUT2D eigenvalue weighted by atomic mass is 16.6. The van der Waals surface area contributed by atoms with Crippen molar-refractivity contribution >= 4 is 6.09 Å². The van der Waals surface area contributed by atoms with E-state index < -0.39 is 5.60 Å². The molecule has 2 heterocycles. The van der Waals surface area contributed by atoms with Crippen molar-refractivity contribution in [1.82, 2.24) is 10.2 Å². The molecule has 110 valence electrons. The quantitative estimate of drug-likeness (QED) is 0.847. The van der Waals surface area contributed by atoms with Crippen LogP contribution in [0.1, 0.15) is 33.6 Å². The molecule has 1 N–H and O–H groups in total. The summed E-state index contributed by atoms with van der Waals surface area (Å²) >= 11 is 0. The van der Waals surface area contributed by atoms with Gasteiger partial charge in [-0.05, 0) is 33.6 Å². The molecule has 0 saturated carbocycles. The highest BCUT2D eigenvalue weighted by molar-refractivity contribution is 5.67. The Morgan fingerprint density at radius 3 is 2.53 bits per heavy atom. The fourth-order valence-electron chi connectivity index (χ4n) is 2.81. The summed E-state index contributed by atoms with van der Waals surface area (Å²) in [6.45, 7) is 11.3. The summed E-state index contributed by atoms with van der Waals surface area (Å²) in [5, 5.41) is 2.80. The number of carbonyl (C=O) groups excluding carboxylic acids is 1. The monoisotopic (exact) mass is 270 g/mol. The second kappa shape index (κ2) is 5.67. The van der Waals surface area contributed by atoms with Gasteiger partial charge in [-0.1, -0.05) is 0 Å². The van der Waals surface area contributed by atoms with E-state index in [2.05, 4.69) is 10.2 Å². The predicted molar refractivity (Wildman–Crippen MR) is 73.2 cm³/mol. The Labute approximate surface area is 115 Å². The van der Waals surface area contributed by atoms with Crippen molar-refractivity contribution in [3.8, 4) is 0 Å². The van der Waals surface area contributed by atoms with Gasteiger partial charge in [0.25, 0.3) is 0 Å². The van der Waals surface area contributed by atoms with Crippen LogP contribution in [0.3, 0.4) is 0 Å². The summed E-state index contributed by atoms with van der Waals surface area (Å²) in [5.74, 6) is 0. The fourth-order valence-corrected chi connectivity index (χ4v) is 2.81. The molecule has 0 aliphatic carbocycles. The average molecular weight is 270 g/mol. The summed E-state index contributed by atoms with van der Waals surface area (Å²) in [4.78, 5) is 13.9. The minimum absolute atomic E-state index is 0.325. The molecule has 0 unspecified atom stereocenters. The fraction of sp³-hybridized carbons (Fsp3) is 0.929. The largest absolute Gasteiger partial charge is 0.444 e. The van der Waals surface area contributed by atoms with Crippen LogP contribution >= 0.6 is 0 Å². The van der Waals surface area contributed by atoms with Crippen LogP contribution in [0.2, 0.25) is 0 Å². The molecule has 19 heavy (non-hydrogen) atoms.